The smallest absolute Gasteiger partial charge is 0.407 e. The first kappa shape index (κ1) is 20.7. The Bertz CT molecular complexity index is 727. The summed E-state index contributed by atoms with van der Waals surface area (Å²) in [5.74, 6) is -0.267. The summed E-state index contributed by atoms with van der Waals surface area (Å²) in [7, 11) is 0. The fraction of sp³-hybridized carbons (Fsp3) is 0.579. The number of nitrogens with zero attached hydrogens (tertiary/aromatic N) is 2. The van der Waals surface area contributed by atoms with Crippen molar-refractivity contribution in [2.75, 3.05) is 13.1 Å². The molecule has 0 aliphatic carbocycles. The van der Waals surface area contributed by atoms with Crippen LogP contribution in [0.5, 0.6) is 0 Å². The molecule has 0 saturated carbocycles. The van der Waals surface area contributed by atoms with E-state index in [9.17, 15) is 19.7 Å². The van der Waals surface area contributed by atoms with Crippen LogP contribution in [0.4, 0.5) is 10.5 Å². The Balaban J connectivity index is 2.07. The molecule has 0 aromatic heterocycles. The summed E-state index contributed by atoms with van der Waals surface area (Å²) < 4.78 is 5.26. The van der Waals surface area contributed by atoms with Crippen LogP contribution in [0, 0.1) is 10.1 Å². The summed E-state index contributed by atoms with van der Waals surface area (Å²) in [4.78, 5) is 37.1. The Morgan fingerprint density at radius 2 is 2.07 bits per heavy atom. The van der Waals surface area contributed by atoms with E-state index in [0.717, 1.165) is 12.8 Å². The van der Waals surface area contributed by atoms with Gasteiger partial charge < -0.3 is 15.0 Å². The van der Waals surface area contributed by atoms with Crippen LogP contribution in [0.15, 0.2) is 18.2 Å². The predicted octanol–water partition coefficient (Wildman–Crippen LogP) is 3.29. The lowest BCUT2D eigenvalue weighted by Crippen LogP contribution is -2.50. The van der Waals surface area contributed by atoms with Gasteiger partial charge in [0.1, 0.15) is 5.60 Å². The third-order valence-corrected chi connectivity index (χ3v) is 4.34. The summed E-state index contributed by atoms with van der Waals surface area (Å²) >= 11 is 0. The lowest BCUT2D eigenvalue weighted by Gasteiger charge is -2.33. The normalized spacial score (nSPS) is 17.3. The van der Waals surface area contributed by atoms with Crippen LogP contribution in [-0.4, -0.2) is 46.6 Å². The van der Waals surface area contributed by atoms with Gasteiger partial charge in [0.15, 0.2) is 0 Å². The zero-order valence-corrected chi connectivity index (χ0v) is 16.3. The molecule has 0 bridgehead atoms. The van der Waals surface area contributed by atoms with Crippen LogP contribution < -0.4 is 5.32 Å². The molecule has 1 aromatic rings. The second-order valence-corrected chi connectivity index (χ2v) is 7.69. The Morgan fingerprint density at radius 3 is 2.67 bits per heavy atom. The van der Waals surface area contributed by atoms with Crippen LogP contribution in [0.3, 0.4) is 0 Å². The van der Waals surface area contributed by atoms with Crippen molar-refractivity contribution in [3.63, 3.8) is 0 Å². The first-order valence-corrected chi connectivity index (χ1v) is 9.17. The van der Waals surface area contributed by atoms with E-state index < -0.39 is 16.6 Å². The standard InChI is InChI=1S/C19H27N3O5/c1-5-13-8-9-14(11-16(13)22(25)26)17(23)21-10-6-7-15(12-21)20-18(24)27-19(2,3)4/h8-9,11,15H,5-7,10,12H2,1-4H3,(H,20,24)/t15-/m1/s1. The average Bonchev–Trinajstić information content (AvgIpc) is 2.59. The number of carbonyl (C=O) groups is 2. The van der Waals surface area contributed by atoms with Crippen molar-refractivity contribution < 1.29 is 19.2 Å². The molecule has 0 spiro atoms. The topological polar surface area (TPSA) is 102 Å². The van der Waals surface area contributed by atoms with Crippen LogP contribution in [0.25, 0.3) is 0 Å². The monoisotopic (exact) mass is 377 g/mol. The number of nitrogens with one attached hydrogen (secondary N) is 1. The highest BCUT2D eigenvalue weighted by Gasteiger charge is 2.28. The number of likely N-dealkylation sites (tertiary alicyclic amines) is 1. The maximum absolute atomic E-state index is 12.8. The number of nitro benzene ring substituents is 1. The van der Waals surface area contributed by atoms with Crippen LogP contribution in [-0.2, 0) is 11.2 Å². The van der Waals surface area contributed by atoms with Crippen molar-refractivity contribution in [2.24, 2.45) is 0 Å². The molecule has 1 aliphatic rings. The highest BCUT2D eigenvalue weighted by molar-refractivity contribution is 5.95. The fourth-order valence-corrected chi connectivity index (χ4v) is 3.10. The fourth-order valence-electron chi connectivity index (χ4n) is 3.10. The molecule has 1 heterocycles. The highest BCUT2D eigenvalue weighted by atomic mass is 16.6. The van der Waals surface area contributed by atoms with Crippen molar-refractivity contribution >= 4 is 17.7 Å². The van der Waals surface area contributed by atoms with E-state index in [0.29, 0.717) is 25.1 Å². The highest BCUT2D eigenvalue weighted by Crippen LogP contribution is 2.23. The lowest BCUT2D eigenvalue weighted by molar-refractivity contribution is -0.385. The molecule has 1 atom stereocenters. The van der Waals surface area contributed by atoms with Gasteiger partial charge in [-0.05, 0) is 46.1 Å². The summed E-state index contributed by atoms with van der Waals surface area (Å²) in [6.07, 6.45) is 1.50. The molecule has 2 rings (SSSR count). The number of hydrogen-bond acceptors (Lipinski definition) is 5. The van der Waals surface area contributed by atoms with E-state index in [4.69, 9.17) is 4.74 Å². The molecule has 0 radical (unpaired) electrons. The van der Waals surface area contributed by atoms with E-state index >= 15 is 0 Å². The molecule has 8 nitrogen and oxygen atoms in total. The zero-order chi connectivity index (χ0) is 20.2. The number of rotatable bonds is 4. The Morgan fingerprint density at radius 1 is 1.37 bits per heavy atom. The third-order valence-electron chi connectivity index (χ3n) is 4.34. The molecule has 8 heteroatoms. The van der Waals surface area contributed by atoms with E-state index in [-0.39, 0.29) is 23.2 Å². The molecule has 1 aromatic carbocycles. The Kier molecular flexibility index (Phi) is 6.41. The van der Waals surface area contributed by atoms with Gasteiger partial charge >= 0.3 is 6.09 Å². The number of nitro groups is 1. The molecule has 1 N–H and O–H groups in total. The molecule has 2 amide bonds. The van der Waals surface area contributed by atoms with Gasteiger partial charge in [-0.1, -0.05) is 13.0 Å². The summed E-state index contributed by atoms with van der Waals surface area (Å²) in [5, 5.41) is 14.0. The summed E-state index contributed by atoms with van der Waals surface area (Å²) in [5.41, 5.74) is 0.258. The first-order valence-electron chi connectivity index (χ1n) is 9.17. The number of benzene rings is 1. The zero-order valence-electron chi connectivity index (χ0n) is 16.3. The Labute approximate surface area is 159 Å². The van der Waals surface area contributed by atoms with Gasteiger partial charge in [-0.3, -0.25) is 14.9 Å². The van der Waals surface area contributed by atoms with Gasteiger partial charge in [0.05, 0.1) is 4.92 Å². The number of carbonyl (C=O) groups excluding carboxylic acids is 2. The molecule has 1 fully saturated rings. The van der Waals surface area contributed by atoms with E-state index in [1.54, 1.807) is 37.8 Å². The van der Waals surface area contributed by atoms with Gasteiger partial charge in [0.2, 0.25) is 0 Å². The summed E-state index contributed by atoms with van der Waals surface area (Å²) in [6, 6.07) is 4.39. The summed E-state index contributed by atoms with van der Waals surface area (Å²) in [6.45, 7) is 8.10. The third kappa shape index (κ3) is 5.67. The van der Waals surface area contributed by atoms with Crippen molar-refractivity contribution in [3.05, 3.63) is 39.4 Å². The largest absolute Gasteiger partial charge is 0.444 e. The SMILES string of the molecule is CCc1ccc(C(=O)N2CCC[C@@H](NC(=O)OC(C)(C)C)C2)cc1[N+](=O)[O-]. The minimum Gasteiger partial charge on any atom is -0.444 e. The number of aryl methyl sites for hydroxylation is 1. The number of piperidine rings is 1. The van der Waals surface area contributed by atoms with Crippen LogP contribution in [0.2, 0.25) is 0 Å². The van der Waals surface area contributed by atoms with E-state index in [2.05, 4.69) is 5.32 Å². The molecule has 1 saturated heterocycles. The van der Waals surface area contributed by atoms with Crippen molar-refractivity contribution in [1.29, 1.82) is 0 Å². The van der Waals surface area contributed by atoms with Gasteiger partial charge in [0, 0.05) is 36.3 Å². The molecule has 1 aliphatic heterocycles. The number of hydrogen-bond donors (Lipinski definition) is 1. The maximum Gasteiger partial charge on any atom is 0.407 e. The van der Waals surface area contributed by atoms with E-state index in [1.807, 2.05) is 6.92 Å². The maximum atomic E-state index is 12.8. The average molecular weight is 377 g/mol. The minimum absolute atomic E-state index is 0.0382. The second kappa shape index (κ2) is 8.37. The number of alkyl carbamates (subject to hydrolysis) is 1. The van der Waals surface area contributed by atoms with Gasteiger partial charge in [-0.25, -0.2) is 4.79 Å². The van der Waals surface area contributed by atoms with Gasteiger partial charge in [-0.15, -0.1) is 0 Å². The van der Waals surface area contributed by atoms with Crippen molar-refractivity contribution in [2.45, 2.75) is 58.6 Å². The molecule has 27 heavy (non-hydrogen) atoms. The minimum atomic E-state index is -0.589. The molecule has 0 unspecified atom stereocenters. The Hall–Kier alpha value is -2.64. The van der Waals surface area contributed by atoms with Crippen molar-refractivity contribution in [3.8, 4) is 0 Å². The number of amides is 2. The molecular weight excluding hydrogens is 350 g/mol. The lowest BCUT2D eigenvalue weighted by atomic mass is 10.0. The van der Waals surface area contributed by atoms with E-state index in [1.165, 1.54) is 6.07 Å². The number of ether oxygens (including phenoxy) is 1. The van der Waals surface area contributed by atoms with Crippen LogP contribution >= 0.6 is 0 Å². The van der Waals surface area contributed by atoms with Crippen molar-refractivity contribution in [1.82, 2.24) is 10.2 Å². The van der Waals surface area contributed by atoms with Crippen LogP contribution in [0.1, 0.15) is 56.5 Å². The van der Waals surface area contributed by atoms with Gasteiger partial charge in [0.25, 0.3) is 11.6 Å². The predicted molar refractivity (Wildman–Crippen MR) is 101 cm³/mol. The molecular formula is C19H27N3O5. The second-order valence-electron chi connectivity index (χ2n) is 7.69. The first-order chi connectivity index (χ1) is 12.6. The van der Waals surface area contributed by atoms with Gasteiger partial charge in [-0.2, -0.15) is 0 Å². The molecule has 148 valence electrons. The quantitative estimate of drug-likeness (QED) is 0.641.